The van der Waals surface area contributed by atoms with Gasteiger partial charge in [-0.2, -0.15) is 0 Å². The van der Waals surface area contributed by atoms with Gasteiger partial charge in [-0.25, -0.2) is 9.98 Å². The van der Waals surface area contributed by atoms with Crippen molar-refractivity contribution in [2.75, 3.05) is 0 Å². The van der Waals surface area contributed by atoms with Crippen LogP contribution >= 0.6 is 34.7 Å². The smallest absolute Gasteiger partial charge is 0.222 e. The normalized spacial score (nSPS) is 12.7. The molecular formula is C22H26Cl2N4S. The topological polar surface area (TPSA) is 34.6 Å². The molecule has 3 rings (SSSR count). The van der Waals surface area contributed by atoms with Gasteiger partial charge in [-0.1, -0.05) is 74.2 Å². The average molecular weight is 449 g/mol. The van der Waals surface area contributed by atoms with E-state index in [9.17, 15) is 0 Å². The Morgan fingerprint density at radius 2 is 1.34 bits per heavy atom. The standard InChI is InChI=1S/C22H26Cl2N4S/c1-3-5-15-27-21(25-19-13-9-7-11-17(19)23)28(16-6-4-2)29-22(27)26-20-14-10-8-12-18(20)24/h7-14H,3-6,15-16H2,1-2H3. The van der Waals surface area contributed by atoms with Gasteiger partial charge in [0.1, 0.15) is 0 Å². The molecule has 1 heterocycles. The van der Waals surface area contributed by atoms with Gasteiger partial charge in [-0.05, 0) is 48.6 Å². The first-order chi connectivity index (χ1) is 14.1. The molecule has 0 atom stereocenters. The molecule has 0 radical (unpaired) electrons. The van der Waals surface area contributed by atoms with E-state index in [1.807, 2.05) is 48.5 Å². The Morgan fingerprint density at radius 3 is 1.93 bits per heavy atom. The van der Waals surface area contributed by atoms with Crippen molar-refractivity contribution in [2.24, 2.45) is 9.98 Å². The first-order valence-corrected chi connectivity index (χ1v) is 11.6. The largest absolute Gasteiger partial charge is 0.286 e. The van der Waals surface area contributed by atoms with Gasteiger partial charge in [0.15, 0.2) is 0 Å². The van der Waals surface area contributed by atoms with Crippen molar-refractivity contribution >= 4 is 46.1 Å². The molecule has 29 heavy (non-hydrogen) atoms. The third-order valence-corrected chi connectivity index (χ3v) is 6.16. The number of rotatable bonds is 8. The summed E-state index contributed by atoms with van der Waals surface area (Å²) in [5.41, 5.74) is 2.43. The van der Waals surface area contributed by atoms with Gasteiger partial charge in [0.25, 0.3) is 0 Å². The molecule has 0 amide bonds. The summed E-state index contributed by atoms with van der Waals surface area (Å²) < 4.78 is 4.41. The number of hydrogen-bond acceptors (Lipinski definition) is 3. The predicted octanol–water partition coefficient (Wildman–Crippen LogP) is 6.72. The van der Waals surface area contributed by atoms with E-state index < -0.39 is 0 Å². The average Bonchev–Trinajstić information content (AvgIpc) is 3.04. The summed E-state index contributed by atoms with van der Waals surface area (Å²) in [7, 11) is 0. The highest BCUT2D eigenvalue weighted by molar-refractivity contribution is 7.03. The van der Waals surface area contributed by atoms with E-state index in [0.29, 0.717) is 10.0 Å². The number of para-hydroxylation sites is 2. The fourth-order valence-corrected chi connectivity index (χ4v) is 4.27. The van der Waals surface area contributed by atoms with Crippen molar-refractivity contribution in [1.82, 2.24) is 8.52 Å². The van der Waals surface area contributed by atoms with E-state index in [0.717, 1.165) is 60.6 Å². The molecule has 154 valence electrons. The van der Waals surface area contributed by atoms with Crippen molar-refractivity contribution in [3.63, 3.8) is 0 Å². The van der Waals surface area contributed by atoms with E-state index in [4.69, 9.17) is 33.2 Å². The van der Waals surface area contributed by atoms with Crippen molar-refractivity contribution in [1.29, 1.82) is 0 Å². The highest BCUT2D eigenvalue weighted by Crippen LogP contribution is 2.24. The first-order valence-electron chi connectivity index (χ1n) is 10.0. The van der Waals surface area contributed by atoms with Crippen LogP contribution < -0.4 is 10.4 Å². The van der Waals surface area contributed by atoms with Crippen LogP contribution in [0.5, 0.6) is 0 Å². The van der Waals surface area contributed by atoms with E-state index in [2.05, 4.69) is 22.4 Å². The minimum atomic E-state index is 0.646. The van der Waals surface area contributed by atoms with Crippen LogP contribution in [0.1, 0.15) is 39.5 Å². The lowest BCUT2D eigenvalue weighted by molar-refractivity contribution is 0.551. The number of halogens is 2. The van der Waals surface area contributed by atoms with Gasteiger partial charge in [0.2, 0.25) is 10.4 Å². The predicted molar refractivity (Wildman–Crippen MR) is 123 cm³/mol. The molecule has 0 bridgehead atoms. The minimum Gasteiger partial charge on any atom is -0.286 e. The molecule has 0 N–H and O–H groups in total. The molecule has 0 saturated carbocycles. The molecule has 7 heteroatoms. The maximum absolute atomic E-state index is 6.40. The first kappa shape index (κ1) is 21.9. The summed E-state index contributed by atoms with van der Waals surface area (Å²) in [4.78, 5) is 10.7. The lowest BCUT2D eigenvalue weighted by atomic mass is 10.3. The van der Waals surface area contributed by atoms with Crippen LogP contribution in [0.15, 0.2) is 58.5 Å². The molecule has 3 aromatic rings. The Bertz CT molecular complexity index is 1080. The zero-order valence-electron chi connectivity index (χ0n) is 16.8. The Morgan fingerprint density at radius 1 is 0.793 bits per heavy atom. The van der Waals surface area contributed by atoms with Crippen LogP contribution in [0.2, 0.25) is 10.0 Å². The molecule has 0 aliphatic carbocycles. The second kappa shape index (κ2) is 10.8. The van der Waals surface area contributed by atoms with Crippen LogP contribution in [-0.2, 0) is 13.1 Å². The van der Waals surface area contributed by atoms with Gasteiger partial charge in [-0.15, -0.1) is 0 Å². The number of benzene rings is 2. The Labute approximate surface area is 186 Å². The summed E-state index contributed by atoms with van der Waals surface area (Å²) in [5.74, 6) is 0. The zero-order valence-corrected chi connectivity index (χ0v) is 19.1. The van der Waals surface area contributed by atoms with E-state index in [-0.39, 0.29) is 0 Å². The molecule has 0 saturated heterocycles. The summed E-state index contributed by atoms with van der Waals surface area (Å²) in [6.45, 7) is 6.13. The highest BCUT2D eigenvalue weighted by Gasteiger charge is 2.09. The number of nitrogens with zero attached hydrogens (tertiary/aromatic N) is 4. The number of hydrogen-bond donors (Lipinski definition) is 0. The second-order valence-electron chi connectivity index (χ2n) is 6.76. The minimum absolute atomic E-state index is 0.646. The molecule has 0 aliphatic rings. The van der Waals surface area contributed by atoms with E-state index >= 15 is 0 Å². The maximum atomic E-state index is 6.40. The Hall–Kier alpha value is -1.82. The monoisotopic (exact) mass is 448 g/mol. The molecule has 2 aromatic carbocycles. The van der Waals surface area contributed by atoms with Crippen LogP contribution in [-0.4, -0.2) is 8.52 Å². The quantitative estimate of drug-likeness (QED) is 0.366. The number of unbranched alkanes of at least 4 members (excludes halogenated alkanes) is 2. The van der Waals surface area contributed by atoms with Gasteiger partial charge >= 0.3 is 0 Å². The molecular weight excluding hydrogens is 423 g/mol. The van der Waals surface area contributed by atoms with Gasteiger partial charge in [0.05, 0.1) is 21.4 Å². The Balaban J connectivity index is 2.25. The number of aromatic nitrogens is 2. The molecule has 1 aromatic heterocycles. The lowest BCUT2D eigenvalue weighted by Gasteiger charge is -2.05. The lowest BCUT2D eigenvalue weighted by Crippen LogP contribution is -2.30. The van der Waals surface area contributed by atoms with Crippen molar-refractivity contribution in [3.05, 3.63) is 69.0 Å². The molecule has 0 aliphatic heterocycles. The van der Waals surface area contributed by atoms with E-state index in [1.54, 1.807) is 11.5 Å². The van der Waals surface area contributed by atoms with Gasteiger partial charge < -0.3 is 0 Å². The Kier molecular flexibility index (Phi) is 8.16. The summed E-state index contributed by atoms with van der Waals surface area (Å²) >= 11 is 14.4. The van der Waals surface area contributed by atoms with Gasteiger partial charge in [-0.3, -0.25) is 8.52 Å². The third-order valence-electron chi connectivity index (χ3n) is 4.48. The van der Waals surface area contributed by atoms with Gasteiger partial charge in [0, 0.05) is 13.1 Å². The zero-order chi connectivity index (χ0) is 20.6. The van der Waals surface area contributed by atoms with Crippen LogP contribution in [0.3, 0.4) is 0 Å². The molecule has 0 fully saturated rings. The fraction of sp³-hybridized carbons (Fsp3) is 0.364. The summed E-state index contributed by atoms with van der Waals surface area (Å²) in [6.07, 6.45) is 4.33. The fourth-order valence-electron chi connectivity index (χ4n) is 2.86. The third kappa shape index (κ3) is 5.62. The van der Waals surface area contributed by atoms with Crippen molar-refractivity contribution in [3.8, 4) is 0 Å². The maximum Gasteiger partial charge on any atom is 0.222 e. The summed E-state index contributed by atoms with van der Waals surface area (Å²) in [5, 5.41) is 1.29. The van der Waals surface area contributed by atoms with Crippen LogP contribution in [0.25, 0.3) is 0 Å². The SMILES string of the molecule is CCCCn1sc(=Nc2ccccc2Cl)n(CCCC)c1=Nc1ccccc1Cl. The second-order valence-corrected chi connectivity index (χ2v) is 8.56. The molecule has 0 spiro atoms. The number of aryl methyl sites for hydroxylation is 1. The van der Waals surface area contributed by atoms with E-state index in [1.165, 1.54) is 0 Å². The molecule has 0 unspecified atom stereocenters. The highest BCUT2D eigenvalue weighted by atomic mass is 35.5. The summed E-state index contributed by atoms with van der Waals surface area (Å²) in [6, 6.07) is 15.4. The van der Waals surface area contributed by atoms with Crippen LogP contribution in [0, 0.1) is 0 Å². The van der Waals surface area contributed by atoms with Crippen molar-refractivity contribution in [2.45, 2.75) is 52.6 Å². The van der Waals surface area contributed by atoms with Crippen molar-refractivity contribution < 1.29 is 0 Å². The van der Waals surface area contributed by atoms with Crippen LogP contribution in [0.4, 0.5) is 11.4 Å². The molecule has 4 nitrogen and oxygen atoms in total.